The minimum atomic E-state index is -0.280. The summed E-state index contributed by atoms with van der Waals surface area (Å²) in [5.41, 5.74) is 3.14. The average molecular weight is 529 g/mol. The normalized spacial score (nSPS) is 32.8. The zero-order valence-electron chi connectivity index (χ0n) is 23.4. The number of hydrogen-bond donors (Lipinski definition) is 0. The molecule has 3 fully saturated rings. The number of carbonyl (C=O) groups excluding carboxylic acids is 2. The molecule has 39 heavy (non-hydrogen) atoms. The minimum absolute atomic E-state index is 0.121. The highest BCUT2D eigenvalue weighted by Gasteiger charge is 2.60. The SMILES string of the molecule is COc1cc(C=C2C[C@H]3[C@@H]4CCC5=CC(=O)CC[C@]5(C)[C@H]4CC[C@]3(C)C2=O)ccc1OCCCn1ccnc1. The molecular formula is C33H40N2O4. The second kappa shape index (κ2) is 10.1. The van der Waals surface area contributed by atoms with E-state index in [1.54, 1.807) is 13.3 Å². The summed E-state index contributed by atoms with van der Waals surface area (Å²) in [6.45, 7) is 6.05. The van der Waals surface area contributed by atoms with Gasteiger partial charge >= 0.3 is 0 Å². The van der Waals surface area contributed by atoms with Gasteiger partial charge in [-0.3, -0.25) is 9.59 Å². The van der Waals surface area contributed by atoms with Gasteiger partial charge in [0.25, 0.3) is 0 Å². The highest BCUT2D eigenvalue weighted by atomic mass is 16.5. The molecule has 1 aromatic carbocycles. The Morgan fingerprint density at radius 3 is 2.74 bits per heavy atom. The summed E-state index contributed by atoms with van der Waals surface area (Å²) in [5, 5.41) is 0. The lowest BCUT2D eigenvalue weighted by molar-refractivity contribution is -0.130. The third-order valence-corrected chi connectivity index (χ3v) is 10.5. The maximum atomic E-state index is 13.9. The molecule has 6 heteroatoms. The largest absolute Gasteiger partial charge is 0.493 e. The fraction of sp³-hybridized carbons (Fsp3) is 0.545. The van der Waals surface area contributed by atoms with Gasteiger partial charge in [0.15, 0.2) is 23.1 Å². The van der Waals surface area contributed by atoms with Gasteiger partial charge in [0.1, 0.15) is 0 Å². The van der Waals surface area contributed by atoms with Gasteiger partial charge in [0.2, 0.25) is 0 Å². The maximum absolute atomic E-state index is 13.9. The third kappa shape index (κ3) is 4.56. The zero-order valence-corrected chi connectivity index (χ0v) is 23.4. The minimum Gasteiger partial charge on any atom is -0.493 e. The van der Waals surface area contributed by atoms with Crippen LogP contribution in [0.5, 0.6) is 11.5 Å². The van der Waals surface area contributed by atoms with Gasteiger partial charge in [-0.2, -0.15) is 0 Å². The van der Waals surface area contributed by atoms with Gasteiger partial charge in [0, 0.05) is 30.8 Å². The van der Waals surface area contributed by atoms with E-state index in [-0.39, 0.29) is 10.8 Å². The molecule has 6 rings (SSSR count). The first-order valence-corrected chi connectivity index (χ1v) is 14.6. The molecule has 0 N–H and O–H groups in total. The van der Waals surface area contributed by atoms with Gasteiger partial charge in [-0.1, -0.05) is 25.5 Å². The molecule has 0 amide bonds. The standard InChI is InChI=1S/C33H40N2O4/c1-32-11-9-25(36)20-24(32)6-7-26-27(32)10-12-33(2)28(26)19-23(31(33)37)17-22-5-8-29(30(18-22)38-3)39-16-4-14-35-15-13-34-21-35/h5,8,13,15,17-18,20-21,26-28H,4,6-7,9-12,14,16,19H2,1-3H3/t26-,27+,28+,32+,33+/m1/s1. The highest BCUT2D eigenvalue weighted by molar-refractivity contribution is 6.06. The summed E-state index contributed by atoms with van der Waals surface area (Å²) in [6.07, 6.45) is 17.1. The van der Waals surface area contributed by atoms with Crippen molar-refractivity contribution in [3.8, 4) is 11.5 Å². The van der Waals surface area contributed by atoms with Crippen molar-refractivity contribution in [1.29, 1.82) is 0 Å². The summed E-state index contributed by atoms with van der Waals surface area (Å²) in [4.78, 5) is 30.1. The first-order chi connectivity index (χ1) is 18.8. The van der Waals surface area contributed by atoms with Gasteiger partial charge in [-0.25, -0.2) is 4.98 Å². The molecular weight excluding hydrogens is 488 g/mol. The van der Waals surface area contributed by atoms with Crippen LogP contribution < -0.4 is 9.47 Å². The predicted molar refractivity (Wildman–Crippen MR) is 150 cm³/mol. The Balaban J connectivity index is 1.18. The van der Waals surface area contributed by atoms with Crippen LogP contribution in [0.4, 0.5) is 0 Å². The second-order valence-electron chi connectivity index (χ2n) is 12.5. The highest BCUT2D eigenvalue weighted by Crippen LogP contribution is 2.65. The molecule has 0 unspecified atom stereocenters. The summed E-state index contributed by atoms with van der Waals surface area (Å²) in [5.74, 6) is 3.53. The van der Waals surface area contributed by atoms with E-state index in [0.29, 0.717) is 48.1 Å². The van der Waals surface area contributed by atoms with Crippen LogP contribution in [-0.4, -0.2) is 34.8 Å². The lowest BCUT2D eigenvalue weighted by Crippen LogP contribution is -2.50. The van der Waals surface area contributed by atoms with E-state index in [1.165, 1.54) is 5.57 Å². The van der Waals surface area contributed by atoms with Crippen molar-refractivity contribution in [2.75, 3.05) is 13.7 Å². The number of aromatic nitrogens is 2. The van der Waals surface area contributed by atoms with Crippen LogP contribution in [-0.2, 0) is 16.1 Å². The molecule has 0 radical (unpaired) electrons. The average Bonchev–Trinajstić information content (AvgIpc) is 3.54. The monoisotopic (exact) mass is 528 g/mol. The number of nitrogens with zero attached hydrogens (tertiary/aromatic N) is 2. The summed E-state index contributed by atoms with van der Waals surface area (Å²) in [7, 11) is 1.66. The summed E-state index contributed by atoms with van der Waals surface area (Å²) >= 11 is 0. The fourth-order valence-corrected chi connectivity index (χ4v) is 8.30. The Morgan fingerprint density at radius 1 is 1.08 bits per heavy atom. The molecule has 0 bridgehead atoms. The Labute approximate surface area is 231 Å². The number of methoxy groups -OCH3 is 1. The number of hydrogen-bond acceptors (Lipinski definition) is 5. The molecule has 0 aliphatic heterocycles. The van der Waals surface area contributed by atoms with E-state index in [1.807, 2.05) is 41.4 Å². The second-order valence-corrected chi connectivity index (χ2v) is 12.5. The molecule has 5 atom stereocenters. The number of imidazole rings is 1. The lowest BCUT2D eigenvalue weighted by Gasteiger charge is -2.56. The molecule has 0 saturated heterocycles. The Hall–Kier alpha value is -3.15. The van der Waals surface area contributed by atoms with Gasteiger partial charge in [0.05, 0.1) is 20.0 Å². The number of aryl methyl sites for hydroxylation is 1. The molecule has 4 aliphatic rings. The molecule has 3 saturated carbocycles. The summed E-state index contributed by atoms with van der Waals surface area (Å²) < 4.78 is 13.7. The van der Waals surface area contributed by atoms with E-state index in [9.17, 15) is 9.59 Å². The lowest BCUT2D eigenvalue weighted by atomic mass is 9.47. The third-order valence-electron chi connectivity index (χ3n) is 10.5. The Morgan fingerprint density at radius 2 is 1.95 bits per heavy atom. The quantitative estimate of drug-likeness (QED) is 0.305. The number of ketones is 2. The van der Waals surface area contributed by atoms with Crippen LogP contribution >= 0.6 is 0 Å². The molecule has 4 aliphatic carbocycles. The van der Waals surface area contributed by atoms with Crippen LogP contribution in [0.3, 0.4) is 0 Å². The number of allylic oxidation sites excluding steroid dienone is 2. The van der Waals surface area contributed by atoms with Crippen molar-refractivity contribution in [3.05, 3.63) is 59.7 Å². The summed E-state index contributed by atoms with van der Waals surface area (Å²) in [6, 6.07) is 5.96. The van der Waals surface area contributed by atoms with Gasteiger partial charge < -0.3 is 14.0 Å². The van der Waals surface area contributed by atoms with Gasteiger partial charge in [-0.15, -0.1) is 0 Å². The molecule has 206 valence electrons. The maximum Gasteiger partial charge on any atom is 0.165 e. The van der Waals surface area contributed by atoms with Crippen molar-refractivity contribution in [1.82, 2.24) is 9.55 Å². The number of fused-ring (bicyclic) bond motifs is 5. The van der Waals surface area contributed by atoms with Crippen molar-refractivity contribution >= 4 is 17.6 Å². The van der Waals surface area contributed by atoms with Gasteiger partial charge in [-0.05, 0) is 104 Å². The van der Waals surface area contributed by atoms with Crippen molar-refractivity contribution < 1.29 is 19.1 Å². The smallest absolute Gasteiger partial charge is 0.165 e. The first kappa shape index (κ1) is 26.1. The van der Waals surface area contributed by atoms with Crippen molar-refractivity contribution in [2.45, 2.75) is 71.8 Å². The van der Waals surface area contributed by atoms with Crippen molar-refractivity contribution in [3.63, 3.8) is 0 Å². The van der Waals surface area contributed by atoms with Crippen LogP contribution in [0.1, 0.15) is 70.8 Å². The molecule has 1 heterocycles. The van der Waals surface area contributed by atoms with Crippen LogP contribution in [0.25, 0.3) is 6.08 Å². The van der Waals surface area contributed by atoms with E-state index in [2.05, 4.69) is 24.9 Å². The fourth-order valence-electron chi connectivity index (χ4n) is 8.30. The zero-order chi connectivity index (χ0) is 27.2. The first-order valence-electron chi connectivity index (χ1n) is 14.6. The molecule has 6 nitrogen and oxygen atoms in total. The van der Waals surface area contributed by atoms with Crippen molar-refractivity contribution in [2.24, 2.45) is 28.6 Å². The number of Topliss-reactive ketones (excluding diaryl/α,β-unsaturated/α-hetero) is 1. The Bertz CT molecular complexity index is 1330. The van der Waals surface area contributed by atoms with Crippen LogP contribution in [0.2, 0.25) is 0 Å². The van der Waals surface area contributed by atoms with E-state index >= 15 is 0 Å². The molecule has 2 aromatic rings. The predicted octanol–water partition coefficient (Wildman–Crippen LogP) is 6.46. The molecule has 1 aromatic heterocycles. The number of carbonyl (C=O) groups is 2. The van der Waals surface area contributed by atoms with E-state index in [4.69, 9.17) is 9.47 Å². The number of benzene rings is 1. The van der Waals surface area contributed by atoms with Crippen LogP contribution in [0, 0.1) is 28.6 Å². The van der Waals surface area contributed by atoms with E-state index in [0.717, 1.165) is 68.4 Å². The van der Waals surface area contributed by atoms with E-state index < -0.39 is 0 Å². The number of ether oxygens (including phenoxy) is 2. The van der Waals surface area contributed by atoms with Crippen LogP contribution in [0.15, 0.2) is 54.1 Å². The number of rotatable bonds is 7. The Kier molecular flexibility index (Phi) is 6.76. The topological polar surface area (TPSA) is 70.4 Å². The molecule has 0 spiro atoms.